The van der Waals surface area contributed by atoms with Crippen LogP contribution in [0.25, 0.3) is 6.08 Å². The molecule has 0 saturated heterocycles. The Kier molecular flexibility index (Phi) is 4.90. The van der Waals surface area contributed by atoms with Gasteiger partial charge in [0.25, 0.3) is 0 Å². The van der Waals surface area contributed by atoms with Gasteiger partial charge in [0, 0.05) is 14.0 Å². The lowest BCUT2D eigenvalue weighted by Gasteiger charge is -2.09. The molecule has 0 fully saturated rings. The number of rotatable bonds is 5. The number of carbonyl (C=O) groups is 2. The van der Waals surface area contributed by atoms with Crippen molar-refractivity contribution in [2.45, 2.75) is 6.92 Å². The van der Waals surface area contributed by atoms with Crippen LogP contribution in [0.3, 0.4) is 0 Å². The Hall–Kier alpha value is -2.67. The minimum absolute atomic E-state index is 0.158. The molecule has 0 spiro atoms. The molecule has 2 rings (SSSR count). The van der Waals surface area contributed by atoms with E-state index in [4.69, 9.17) is 18.9 Å². The summed E-state index contributed by atoms with van der Waals surface area (Å²) in [7, 11) is 2.85. The fourth-order valence-corrected chi connectivity index (χ4v) is 1.80. The monoisotopic (exact) mass is 305 g/mol. The molecule has 1 aromatic rings. The summed E-state index contributed by atoms with van der Waals surface area (Å²) < 4.78 is 19.8. The van der Waals surface area contributed by atoms with Crippen molar-refractivity contribution >= 4 is 23.9 Å². The smallest absolute Gasteiger partial charge is 0.363 e. The summed E-state index contributed by atoms with van der Waals surface area (Å²) in [6.07, 6.45) is 1.56. The van der Waals surface area contributed by atoms with Crippen molar-refractivity contribution in [2.75, 3.05) is 20.8 Å². The zero-order valence-electron chi connectivity index (χ0n) is 12.4. The van der Waals surface area contributed by atoms with E-state index in [9.17, 15) is 9.59 Å². The van der Waals surface area contributed by atoms with Crippen molar-refractivity contribution in [3.8, 4) is 11.5 Å². The molecule has 7 heteroatoms. The topological polar surface area (TPSA) is 83.4 Å². The molecule has 116 valence electrons. The van der Waals surface area contributed by atoms with Crippen LogP contribution in [0.5, 0.6) is 11.5 Å². The van der Waals surface area contributed by atoms with E-state index in [0.29, 0.717) is 17.2 Å². The molecular formula is C15H15NO6. The van der Waals surface area contributed by atoms with Gasteiger partial charge in [0.15, 0.2) is 23.1 Å². The minimum atomic E-state index is -0.536. The van der Waals surface area contributed by atoms with Crippen molar-refractivity contribution in [1.29, 1.82) is 0 Å². The van der Waals surface area contributed by atoms with Crippen LogP contribution in [0.15, 0.2) is 28.9 Å². The third kappa shape index (κ3) is 3.70. The van der Waals surface area contributed by atoms with Crippen molar-refractivity contribution in [3.63, 3.8) is 0 Å². The average molecular weight is 305 g/mol. The number of aliphatic imine (C=N–C) groups is 1. The SMILES string of the molecule is COCC(=O)Oc1ccc(/C=C2\N=C(C)OC2=O)cc1OC. The third-order valence-corrected chi connectivity index (χ3v) is 2.70. The van der Waals surface area contributed by atoms with Gasteiger partial charge in [-0.15, -0.1) is 0 Å². The van der Waals surface area contributed by atoms with Gasteiger partial charge >= 0.3 is 11.9 Å². The normalized spacial score (nSPS) is 15.5. The van der Waals surface area contributed by atoms with E-state index in [2.05, 4.69) is 4.99 Å². The molecule has 0 aromatic heterocycles. The van der Waals surface area contributed by atoms with Crippen LogP contribution in [0.1, 0.15) is 12.5 Å². The first-order valence-electron chi connectivity index (χ1n) is 6.40. The fourth-order valence-electron chi connectivity index (χ4n) is 1.80. The molecule has 0 atom stereocenters. The van der Waals surface area contributed by atoms with Gasteiger partial charge in [-0.1, -0.05) is 6.07 Å². The summed E-state index contributed by atoms with van der Waals surface area (Å²) in [4.78, 5) is 26.9. The largest absolute Gasteiger partial charge is 0.493 e. The quantitative estimate of drug-likeness (QED) is 0.466. The number of esters is 2. The molecule has 1 aliphatic heterocycles. The van der Waals surface area contributed by atoms with Gasteiger partial charge in [-0.05, 0) is 23.8 Å². The van der Waals surface area contributed by atoms with E-state index in [1.807, 2.05) is 0 Å². The van der Waals surface area contributed by atoms with Gasteiger partial charge in [0.2, 0.25) is 0 Å². The molecule has 1 aliphatic rings. The number of hydrogen-bond donors (Lipinski definition) is 0. The average Bonchev–Trinajstić information content (AvgIpc) is 2.78. The first kappa shape index (κ1) is 15.7. The lowest BCUT2D eigenvalue weighted by Crippen LogP contribution is -2.14. The highest BCUT2D eigenvalue weighted by molar-refractivity contribution is 6.06. The third-order valence-electron chi connectivity index (χ3n) is 2.70. The number of hydrogen-bond acceptors (Lipinski definition) is 7. The molecule has 1 heterocycles. The highest BCUT2D eigenvalue weighted by Crippen LogP contribution is 2.29. The first-order valence-corrected chi connectivity index (χ1v) is 6.40. The summed E-state index contributed by atoms with van der Waals surface area (Å²) in [5.74, 6) is -0.127. The van der Waals surface area contributed by atoms with Gasteiger partial charge in [-0.3, -0.25) is 0 Å². The van der Waals surface area contributed by atoms with Crippen LogP contribution in [-0.4, -0.2) is 38.7 Å². The molecule has 22 heavy (non-hydrogen) atoms. The Bertz CT molecular complexity index is 662. The van der Waals surface area contributed by atoms with E-state index in [1.165, 1.54) is 14.2 Å². The maximum Gasteiger partial charge on any atom is 0.363 e. The Labute approximate surface area is 127 Å². The highest BCUT2D eigenvalue weighted by Gasteiger charge is 2.20. The summed E-state index contributed by atoms with van der Waals surface area (Å²) in [5, 5.41) is 0. The summed E-state index contributed by atoms with van der Waals surface area (Å²) >= 11 is 0. The maximum atomic E-state index is 11.5. The molecule has 0 bridgehead atoms. The van der Waals surface area contributed by atoms with E-state index < -0.39 is 11.9 Å². The van der Waals surface area contributed by atoms with E-state index >= 15 is 0 Å². The summed E-state index contributed by atoms with van der Waals surface area (Å²) in [6.45, 7) is 1.44. The van der Waals surface area contributed by atoms with E-state index in [1.54, 1.807) is 31.2 Å². The predicted octanol–water partition coefficient (Wildman–Crippen LogP) is 1.56. The number of carbonyl (C=O) groups excluding carboxylic acids is 2. The van der Waals surface area contributed by atoms with Crippen LogP contribution in [0.4, 0.5) is 0 Å². The second kappa shape index (κ2) is 6.86. The van der Waals surface area contributed by atoms with Crippen molar-refractivity contribution in [1.82, 2.24) is 0 Å². The van der Waals surface area contributed by atoms with Crippen LogP contribution in [-0.2, 0) is 19.1 Å². The molecule has 0 aliphatic carbocycles. The van der Waals surface area contributed by atoms with Crippen LogP contribution < -0.4 is 9.47 Å². The number of ether oxygens (including phenoxy) is 4. The summed E-state index contributed by atoms with van der Waals surface area (Å²) in [5.41, 5.74) is 0.859. The number of benzene rings is 1. The molecule has 0 radical (unpaired) electrons. The minimum Gasteiger partial charge on any atom is -0.493 e. The Morgan fingerprint density at radius 2 is 2.09 bits per heavy atom. The molecule has 7 nitrogen and oxygen atoms in total. The zero-order chi connectivity index (χ0) is 16.1. The first-order chi connectivity index (χ1) is 10.5. The van der Waals surface area contributed by atoms with E-state index in [-0.39, 0.29) is 18.1 Å². The second-order valence-electron chi connectivity index (χ2n) is 4.37. The predicted molar refractivity (Wildman–Crippen MR) is 77.7 cm³/mol. The molecule has 1 aromatic carbocycles. The summed E-state index contributed by atoms with van der Waals surface area (Å²) in [6, 6.07) is 4.86. The maximum absolute atomic E-state index is 11.5. The molecule has 0 amide bonds. The molecule has 0 saturated carbocycles. The van der Waals surface area contributed by atoms with Gasteiger partial charge in [0.05, 0.1) is 7.11 Å². The molecule has 0 N–H and O–H groups in total. The Morgan fingerprint density at radius 1 is 1.32 bits per heavy atom. The van der Waals surface area contributed by atoms with Gasteiger partial charge in [-0.25, -0.2) is 14.6 Å². The van der Waals surface area contributed by atoms with Crippen LogP contribution in [0.2, 0.25) is 0 Å². The molecule has 0 unspecified atom stereocenters. The van der Waals surface area contributed by atoms with Gasteiger partial charge in [-0.2, -0.15) is 0 Å². The van der Waals surface area contributed by atoms with Crippen molar-refractivity contribution < 1.29 is 28.5 Å². The highest BCUT2D eigenvalue weighted by atomic mass is 16.6. The number of cyclic esters (lactones) is 1. The van der Waals surface area contributed by atoms with Crippen molar-refractivity contribution in [3.05, 3.63) is 29.5 Å². The van der Waals surface area contributed by atoms with E-state index in [0.717, 1.165) is 0 Å². The standard InChI is InChI=1S/C15H15NO6/c1-9-16-11(15(18)21-9)6-10-4-5-12(13(7-10)20-3)22-14(17)8-19-2/h4-7H,8H2,1-3H3/b11-6-. The Morgan fingerprint density at radius 3 is 2.68 bits per heavy atom. The number of nitrogens with zero attached hydrogens (tertiary/aromatic N) is 1. The van der Waals surface area contributed by atoms with Gasteiger partial charge in [0.1, 0.15) is 6.61 Å². The van der Waals surface area contributed by atoms with Gasteiger partial charge < -0.3 is 18.9 Å². The van der Waals surface area contributed by atoms with Crippen molar-refractivity contribution in [2.24, 2.45) is 4.99 Å². The van der Waals surface area contributed by atoms with Crippen LogP contribution in [0, 0.1) is 0 Å². The zero-order valence-corrected chi connectivity index (χ0v) is 12.4. The second-order valence-corrected chi connectivity index (χ2v) is 4.37. The lowest BCUT2D eigenvalue weighted by molar-refractivity contribution is -0.138. The molecular weight excluding hydrogens is 290 g/mol. The van der Waals surface area contributed by atoms with Crippen LogP contribution >= 0.6 is 0 Å². The fraction of sp³-hybridized carbons (Fsp3) is 0.267. The number of methoxy groups -OCH3 is 2. The lowest BCUT2D eigenvalue weighted by atomic mass is 10.1. The Balaban J connectivity index is 2.24.